The number of pyridine rings is 1. The standard InChI is InChI=1S/C23H37N5O3/c1-4-18-21(31-17-11-6-5-7-12-17)14-13-19(26-18)22(24)20(28(3)25)15-30-23(29)27(2)16-9-8-10-16/h13-14,16-17H,4-12,15,24-25H2,1-3H3/b22-20-. The molecule has 2 aliphatic carbocycles. The first-order valence-electron chi connectivity index (χ1n) is 11.4. The summed E-state index contributed by atoms with van der Waals surface area (Å²) < 4.78 is 11.7. The number of aromatic nitrogens is 1. The van der Waals surface area contributed by atoms with Crippen LogP contribution < -0.4 is 16.3 Å². The van der Waals surface area contributed by atoms with Gasteiger partial charge >= 0.3 is 6.09 Å². The van der Waals surface area contributed by atoms with Crippen molar-refractivity contribution in [1.29, 1.82) is 0 Å². The highest BCUT2D eigenvalue weighted by atomic mass is 16.6. The molecular weight excluding hydrogens is 394 g/mol. The second kappa shape index (κ2) is 10.7. The predicted molar refractivity (Wildman–Crippen MR) is 121 cm³/mol. The average Bonchev–Trinajstić information content (AvgIpc) is 2.73. The number of nitrogens with zero attached hydrogens (tertiary/aromatic N) is 3. The number of ether oxygens (including phenoxy) is 2. The van der Waals surface area contributed by atoms with E-state index in [9.17, 15) is 4.79 Å². The highest BCUT2D eigenvalue weighted by Gasteiger charge is 2.27. The van der Waals surface area contributed by atoms with Gasteiger partial charge in [-0.15, -0.1) is 0 Å². The largest absolute Gasteiger partial charge is 0.489 e. The fourth-order valence-corrected chi connectivity index (χ4v) is 4.03. The lowest BCUT2D eigenvalue weighted by Gasteiger charge is -2.34. The summed E-state index contributed by atoms with van der Waals surface area (Å²) in [5, 5.41) is 1.38. The molecule has 8 heteroatoms. The van der Waals surface area contributed by atoms with Crippen molar-refractivity contribution in [2.75, 3.05) is 20.7 Å². The van der Waals surface area contributed by atoms with Crippen LogP contribution in [0.1, 0.15) is 69.7 Å². The van der Waals surface area contributed by atoms with Gasteiger partial charge in [0.05, 0.1) is 28.9 Å². The van der Waals surface area contributed by atoms with Gasteiger partial charge in [-0.1, -0.05) is 13.3 Å². The van der Waals surface area contributed by atoms with Crippen LogP contribution in [-0.4, -0.2) is 53.8 Å². The van der Waals surface area contributed by atoms with Gasteiger partial charge in [-0.05, 0) is 63.5 Å². The molecule has 2 saturated carbocycles. The molecule has 0 radical (unpaired) electrons. The van der Waals surface area contributed by atoms with Gasteiger partial charge in [0.25, 0.3) is 0 Å². The smallest absolute Gasteiger partial charge is 0.410 e. The van der Waals surface area contributed by atoms with E-state index in [1.165, 1.54) is 24.3 Å². The number of rotatable bonds is 8. The number of amides is 1. The van der Waals surface area contributed by atoms with Crippen molar-refractivity contribution in [3.8, 4) is 5.75 Å². The molecule has 31 heavy (non-hydrogen) atoms. The number of aryl methyl sites for hydroxylation is 1. The maximum atomic E-state index is 12.3. The predicted octanol–water partition coefficient (Wildman–Crippen LogP) is 3.41. The molecular formula is C23H37N5O3. The van der Waals surface area contributed by atoms with Crippen LogP contribution in [0.4, 0.5) is 4.79 Å². The molecule has 0 saturated heterocycles. The molecule has 2 fully saturated rings. The normalized spacial score (nSPS) is 18.1. The van der Waals surface area contributed by atoms with Gasteiger partial charge in [0.15, 0.2) is 0 Å². The third-order valence-electron chi connectivity index (χ3n) is 6.37. The maximum absolute atomic E-state index is 12.3. The second-order valence-corrected chi connectivity index (χ2v) is 8.59. The zero-order chi connectivity index (χ0) is 22.4. The minimum Gasteiger partial charge on any atom is -0.489 e. The molecule has 1 aromatic heterocycles. The minimum atomic E-state index is -0.365. The Bertz CT molecular complexity index is 785. The van der Waals surface area contributed by atoms with Crippen LogP contribution in [-0.2, 0) is 11.2 Å². The molecule has 0 atom stereocenters. The molecule has 1 aromatic rings. The first-order chi connectivity index (χ1) is 14.9. The Morgan fingerprint density at radius 1 is 1.13 bits per heavy atom. The van der Waals surface area contributed by atoms with Gasteiger partial charge in [-0.25, -0.2) is 15.6 Å². The zero-order valence-electron chi connectivity index (χ0n) is 19.1. The topological polar surface area (TPSA) is 107 Å². The van der Waals surface area contributed by atoms with Crippen LogP contribution in [0.15, 0.2) is 17.8 Å². The van der Waals surface area contributed by atoms with Crippen LogP contribution in [0, 0.1) is 0 Å². The molecule has 2 aliphatic rings. The third kappa shape index (κ3) is 5.81. The highest BCUT2D eigenvalue weighted by molar-refractivity contribution is 5.69. The van der Waals surface area contributed by atoms with Crippen molar-refractivity contribution in [1.82, 2.24) is 14.9 Å². The van der Waals surface area contributed by atoms with E-state index >= 15 is 0 Å². The number of likely N-dealkylation sites (N-methyl/N-ethyl adjacent to an activating group) is 1. The van der Waals surface area contributed by atoms with E-state index in [2.05, 4.69) is 0 Å². The molecule has 3 rings (SSSR count). The lowest BCUT2D eigenvalue weighted by Crippen LogP contribution is -2.42. The van der Waals surface area contributed by atoms with E-state index < -0.39 is 0 Å². The molecule has 0 bridgehead atoms. The first kappa shape index (κ1) is 23.2. The van der Waals surface area contributed by atoms with Crippen molar-refractivity contribution in [2.45, 2.75) is 76.9 Å². The molecule has 8 nitrogen and oxygen atoms in total. The number of hydrazine groups is 1. The Balaban J connectivity index is 1.72. The molecule has 1 amide bonds. The van der Waals surface area contributed by atoms with Crippen molar-refractivity contribution in [3.05, 3.63) is 29.2 Å². The van der Waals surface area contributed by atoms with E-state index in [-0.39, 0.29) is 24.8 Å². The van der Waals surface area contributed by atoms with E-state index in [1.807, 2.05) is 19.1 Å². The maximum Gasteiger partial charge on any atom is 0.410 e. The van der Waals surface area contributed by atoms with Gasteiger partial charge in [0.2, 0.25) is 0 Å². The molecule has 1 heterocycles. The fraction of sp³-hybridized carbons (Fsp3) is 0.652. The summed E-state index contributed by atoms with van der Waals surface area (Å²) in [6, 6.07) is 4.05. The minimum absolute atomic E-state index is 0.0157. The molecule has 0 aromatic carbocycles. The first-order valence-corrected chi connectivity index (χ1v) is 11.4. The molecule has 0 spiro atoms. The van der Waals surface area contributed by atoms with Crippen LogP contribution >= 0.6 is 0 Å². The van der Waals surface area contributed by atoms with E-state index in [0.717, 1.165) is 50.0 Å². The third-order valence-corrected chi connectivity index (χ3v) is 6.37. The molecule has 0 unspecified atom stereocenters. The van der Waals surface area contributed by atoms with Gasteiger partial charge in [-0.3, -0.25) is 0 Å². The van der Waals surface area contributed by atoms with E-state index in [4.69, 9.17) is 26.0 Å². The van der Waals surface area contributed by atoms with Crippen molar-refractivity contribution in [3.63, 3.8) is 0 Å². The SMILES string of the molecule is CCc1nc(/C(N)=C(\COC(=O)N(C)C2CCC2)N(C)N)ccc1OC1CCCCC1. The van der Waals surface area contributed by atoms with Gasteiger partial charge in [-0.2, -0.15) is 0 Å². The summed E-state index contributed by atoms with van der Waals surface area (Å²) in [5.74, 6) is 6.82. The molecule has 172 valence electrons. The monoisotopic (exact) mass is 431 g/mol. The molecule has 0 aliphatic heterocycles. The number of carbonyl (C=O) groups is 1. The summed E-state index contributed by atoms with van der Waals surface area (Å²) in [6.45, 7) is 2.03. The summed E-state index contributed by atoms with van der Waals surface area (Å²) >= 11 is 0. The number of nitrogens with two attached hydrogens (primary N) is 2. The number of hydrogen-bond donors (Lipinski definition) is 2. The fourth-order valence-electron chi connectivity index (χ4n) is 4.03. The zero-order valence-corrected chi connectivity index (χ0v) is 19.1. The lowest BCUT2D eigenvalue weighted by atomic mass is 9.92. The van der Waals surface area contributed by atoms with Gasteiger partial charge in [0.1, 0.15) is 12.4 Å². The van der Waals surface area contributed by atoms with Crippen molar-refractivity contribution < 1.29 is 14.3 Å². The van der Waals surface area contributed by atoms with Crippen molar-refractivity contribution in [2.24, 2.45) is 11.6 Å². The summed E-state index contributed by atoms with van der Waals surface area (Å²) in [5.41, 5.74) is 8.77. The van der Waals surface area contributed by atoms with Gasteiger partial charge < -0.3 is 25.1 Å². The summed E-state index contributed by atoms with van der Waals surface area (Å²) in [7, 11) is 3.44. The second-order valence-electron chi connectivity index (χ2n) is 8.59. The van der Waals surface area contributed by atoms with Gasteiger partial charge in [0, 0.05) is 20.1 Å². The van der Waals surface area contributed by atoms with Crippen LogP contribution in [0.25, 0.3) is 5.70 Å². The van der Waals surface area contributed by atoms with Crippen LogP contribution in [0.3, 0.4) is 0 Å². The Hall–Kier alpha value is -2.48. The summed E-state index contributed by atoms with van der Waals surface area (Å²) in [4.78, 5) is 18.7. The van der Waals surface area contributed by atoms with Crippen LogP contribution in [0.5, 0.6) is 5.75 Å². The Labute approximate surface area is 185 Å². The Morgan fingerprint density at radius 2 is 1.84 bits per heavy atom. The number of carbonyl (C=O) groups excluding carboxylic acids is 1. The van der Waals surface area contributed by atoms with E-state index in [0.29, 0.717) is 17.1 Å². The van der Waals surface area contributed by atoms with Crippen molar-refractivity contribution >= 4 is 11.8 Å². The van der Waals surface area contributed by atoms with E-state index in [1.54, 1.807) is 19.0 Å². The molecule has 4 N–H and O–H groups in total. The summed E-state index contributed by atoms with van der Waals surface area (Å²) in [6.07, 6.45) is 9.73. The average molecular weight is 432 g/mol. The van der Waals surface area contributed by atoms with Crippen LogP contribution in [0.2, 0.25) is 0 Å². The highest BCUT2D eigenvalue weighted by Crippen LogP contribution is 2.27. The quantitative estimate of drug-likeness (QED) is 0.480. The lowest BCUT2D eigenvalue weighted by molar-refractivity contribution is 0.0821. The number of hydrogen-bond acceptors (Lipinski definition) is 7. The Kier molecular flexibility index (Phi) is 8.01. The Morgan fingerprint density at radius 3 is 2.42 bits per heavy atom.